The van der Waals surface area contributed by atoms with Gasteiger partial charge in [0.2, 0.25) is 0 Å². The number of nitrogens with zero attached hydrogens (tertiary/aromatic N) is 1. The molecule has 0 atom stereocenters. The highest BCUT2D eigenvalue weighted by Crippen LogP contribution is 2.16. The van der Waals surface area contributed by atoms with Gasteiger partial charge in [0.1, 0.15) is 0 Å². The van der Waals surface area contributed by atoms with Crippen molar-refractivity contribution in [2.24, 2.45) is 0 Å². The number of likely N-dealkylation sites (N-methyl/N-ethyl adjacent to an activating group) is 1. The summed E-state index contributed by atoms with van der Waals surface area (Å²) in [5.74, 6) is -0.952. The van der Waals surface area contributed by atoms with E-state index in [2.05, 4.69) is 23.2 Å². The Kier molecular flexibility index (Phi) is 7.48. The summed E-state index contributed by atoms with van der Waals surface area (Å²) in [6.07, 6.45) is 0. The van der Waals surface area contributed by atoms with Crippen LogP contribution < -0.4 is 10.2 Å². The number of nitrogens with one attached hydrogen (secondary N) is 1. The number of amides is 1. The second-order valence-corrected chi connectivity index (χ2v) is 6.23. The third-order valence-electron chi connectivity index (χ3n) is 3.88. The summed E-state index contributed by atoms with van der Waals surface area (Å²) in [6.45, 7) is 5.75. The molecule has 1 N–H and O–H groups in total. The van der Waals surface area contributed by atoms with Gasteiger partial charge in [-0.15, -0.1) is 0 Å². The molecule has 1 amide bonds. The van der Waals surface area contributed by atoms with Crippen molar-refractivity contribution >= 4 is 29.2 Å². The van der Waals surface area contributed by atoms with E-state index in [0.717, 1.165) is 12.2 Å². The predicted octanol–water partition coefficient (Wildman–Crippen LogP) is 3.45. The van der Waals surface area contributed by atoms with Crippen LogP contribution in [0.15, 0.2) is 48.5 Å². The van der Waals surface area contributed by atoms with Crippen LogP contribution in [-0.4, -0.2) is 38.1 Å². The quantitative estimate of drug-likeness (QED) is 0.719. The highest BCUT2D eigenvalue weighted by molar-refractivity contribution is 6.33. The Morgan fingerprint density at radius 2 is 1.92 bits per heavy atom. The second kappa shape index (κ2) is 9.82. The van der Waals surface area contributed by atoms with Crippen molar-refractivity contribution in [1.29, 1.82) is 0 Å². The van der Waals surface area contributed by atoms with Crippen LogP contribution in [0.25, 0.3) is 0 Å². The molecule has 0 saturated heterocycles. The minimum absolute atomic E-state index is 0.249. The number of aryl methyl sites for hydroxylation is 1. The van der Waals surface area contributed by atoms with Crippen LogP contribution in [-0.2, 0) is 9.53 Å². The van der Waals surface area contributed by atoms with Gasteiger partial charge in [-0.25, -0.2) is 4.79 Å². The number of hydrogen-bond donors (Lipinski definition) is 1. The molecule has 0 unspecified atom stereocenters. The minimum Gasteiger partial charge on any atom is -0.452 e. The Hall–Kier alpha value is -2.53. The molecular formula is C20H23ClN2O3. The first-order valence-electron chi connectivity index (χ1n) is 8.51. The molecule has 0 bridgehead atoms. The van der Waals surface area contributed by atoms with E-state index in [-0.39, 0.29) is 18.1 Å². The number of ether oxygens (including phenoxy) is 1. The first kappa shape index (κ1) is 19.8. The van der Waals surface area contributed by atoms with Gasteiger partial charge in [-0.3, -0.25) is 4.79 Å². The molecule has 0 heterocycles. The molecule has 0 fully saturated rings. The number of anilines is 1. The van der Waals surface area contributed by atoms with Crippen LogP contribution >= 0.6 is 11.6 Å². The number of benzene rings is 2. The summed E-state index contributed by atoms with van der Waals surface area (Å²) in [5, 5.41) is 3.06. The van der Waals surface area contributed by atoms with Crippen LogP contribution in [0, 0.1) is 6.92 Å². The SMILES string of the molecule is CCN(CCNC(=O)COC(=O)c1ccccc1Cl)c1cccc(C)c1. The molecule has 0 aliphatic heterocycles. The Balaban J connectivity index is 1.76. The Bertz CT molecular complexity index is 764. The van der Waals surface area contributed by atoms with Crippen LogP contribution in [0.5, 0.6) is 0 Å². The van der Waals surface area contributed by atoms with Crippen molar-refractivity contribution in [1.82, 2.24) is 5.32 Å². The van der Waals surface area contributed by atoms with E-state index in [1.54, 1.807) is 24.3 Å². The molecule has 2 rings (SSSR count). The van der Waals surface area contributed by atoms with E-state index in [0.29, 0.717) is 18.1 Å². The standard InChI is InChI=1S/C20H23ClN2O3/c1-3-23(16-8-6-7-15(2)13-16)12-11-22-19(24)14-26-20(25)17-9-4-5-10-18(17)21/h4-10,13H,3,11-12,14H2,1-2H3,(H,22,24). The van der Waals surface area contributed by atoms with Gasteiger partial charge in [-0.05, 0) is 43.7 Å². The van der Waals surface area contributed by atoms with E-state index >= 15 is 0 Å². The van der Waals surface area contributed by atoms with Crippen LogP contribution in [0.2, 0.25) is 5.02 Å². The summed E-state index contributed by atoms with van der Waals surface area (Å²) in [4.78, 5) is 26.0. The van der Waals surface area contributed by atoms with Crippen LogP contribution in [0.4, 0.5) is 5.69 Å². The Morgan fingerprint density at radius 1 is 1.15 bits per heavy atom. The van der Waals surface area contributed by atoms with Crippen molar-refractivity contribution < 1.29 is 14.3 Å². The number of halogens is 1. The van der Waals surface area contributed by atoms with Crippen molar-refractivity contribution in [2.75, 3.05) is 31.1 Å². The number of hydrogen-bond acceptors (Lipinski definition) is 4. The van der Waals surface area contributed by atoms with E-state index in [1.807, 2.05) is 25.1 Å². The summed E-state index contributed by atoms with van der Waals surface area (Å²) >= 11 is 5.93. The van der Waals surface area contributed by atoms with Gasteiger partial charge in [-0.1, -0.05) is 35.9 Å². The first-order chi connectivity index (χ1) is 12.5. The lowest BCUT2D eigenvalue weighted by atomic mass is 10.2. The predicted molar refractivity (Wildman–Crippen MR) is 104 cm³/mol. The summed E-state index contributed by atoms with van der Waals surface area (Å²) in [5.41, 5.74) is 2.56. The fraction of sp³-hybridized carbons (Fsp3) is 0.300. The van der Waals surface area contributed by atoms with E-state index in [1.165, 1.54) is 5.56 Å². The zero-order chi connectivity index (χ0) is 18.9. The summed E-state index contributed by atoms with van der Waals surface area (Å²) in [6, 6.07) is 14.8. The molecular weight excluding hydrogens is 352 g/mol. The maximum absolute atomic E-state index is 11.9. The second-order valence-electron chi connectivity index (χ2n) is 5.82. The zero-order valence-corrected chi connectivity index (χ0v) is 15.8. The molecule has 5 nitrogen and oxygen atoms in total. The molecule has 6 heteroatoms. The molecule has 0 aromatic heterocycles. The maximum Gasteiger partial charge on any atom is 0.340 e. The Morgan fingerprint density at radius 3 is 2.62 bits per heavy atom. The summed E-state index contributed by atoms with van der Waals surface area (Å²) < 4.78 is 5.01. The van der Waals surface area contributed by atoms with E-state index < -0.39 is 5.97 Å². The lowest BCUT2D eigenvalue weighted by Crippen LogP contribution is -2.36. The first-order valence-corrected chi connectivity index (χ1v) is 8.89. The smallest absolute Gasteiger partial charge is 0.340 e. The molecule has 0 spiro atoms. The van der Waals surface area contributed by atoms with Gasteiger partial charge >= 0.3 is 5.97 Å². The topological polar surface area (TPSA) is 58.6 Å². The lowest BCUT2D eigenvalue weighted by Gasteiger charge is -2.23. The van der Waals surface area contributed by atoms with Crippen molar-refractivity contribution in [2.45, 2.75) is 13.8 Å². The molecule has 0 radical (unpaired) electrons. The zero-order valence-electron chi connectivity index (χ0n) is 15.0. The highest BCUT2D eigenvalue weighted by Gasteiger charge is 2.13. The maximum atomic E-state index is 11.9. The number of esters is 1. The molecule has 0 saturated carbocycles. The van der Waals surface area contributed by atoms with Crippen LogP contribution in [0.1, 0.15) is 22.8 Å². The van der Waals surface area contributed by atoms with Crippen molar-refractivity contribution in [3.8, 4) is 0 Å². The van der Waals surface area contributed by atoms with Crippen molar-refractivity contribution in [3.63, 3.8) is 0 Å². The van der Waals surface area contributed by atoms with E-state index in [4.69, 9.17) is 16.3 Å². The van der Waals surface area contributed by atoms with Crippen LogP contribution in [0.3, 0.4) is 0 Å². The third kappa shape index (κ3) is 5.77. The fourth-order valence-corrected chi connectivity index (χ4v) is 2.72. The van der Waals surface area contributed by atoms with Gasteiger partial charge in [0.05, 0.1) is 10.6 Å². The monoisotopic (exact) mass is 374 g/mol. The summed E-state index contributed by atoms with van der Waals surface area (Å²) in [7, 11) is 0. The largest absolute Gasteiger partial charge is 0.452 e. The average molecular weight is 375 g/mol. The molecule has 0 aliphatic rings. The molecule has 26 heavy (non-hydrogen) atoms. The fourth-order valence-electron chi connectivity index (χ4n) is 2.51. The number of carbonyl (C=O) groups is 2. The number of carbonyl (C=O) groups excluding carboxylic acids is 2. The van der Waals surface area contributed by atoms with Gasteiger partial charge in [0, 0.05) is 25.3 Å². The highest BCUT2D eigenvalue weighted by atomic mass is 35.5. The normalized spacial score (nSPS) is 10.3. The van der Waals surface area contributed by atoms with Gasteiger partial charge in [0.15, 0.2) is 6.61 Å². The molecule has 2 aromatic carbocycles. The molecule has 2 aromatic rings. The lowest BCUT2D eigenvalue weighted by molar-refractivity contribution is -0.124. The van der Waals surface area contributed by atoms with E-state index in [9.17, 15) is 9.59 Å². The average Bonchev–Trinajstić information content (AvgIpc) is 2.63. The molecule has 138 valence electrons. The minimum atomic E-state index is -0.610. The van der Waals surface area contributed by atoms with Gasteiger partial charge in [-0.2, -0.15) is 0 Å². The van der Waals surface area contributed by atoms with Crippen molar-refractivity contribution in [3.05, 3.63) is 64.7 Å². The third-order valence-corrected chi connectivity index (χ3v) is 4.21. The molecule has 0 aliphatic carbocycles. The Labute approximate surface area is 158 Å². The number of rotatable bonds is 8. The van der Waals surface area contributed by atoms with Gasteiger partial charge in [0.25, 0.3) is 5.91 Å². The van der Waals surface area contributed by atoms with Gasteiger partial charge < -0.3 is 15.0 Å².